The summed E-state index contributed by atoms with van der Waals surface area (Å²) in [6.45, 7) is 8.27. The lowest BCUT2D eigenvalue weighted by Crippen LogP contribution is -2.13. The molecule has 8 heteroatoms. The van der Waals surface area contributed by atoms with E-state index in [0.29, 0.717) is 11.9 Å². The number of rotatable bonds is 5. The molecule has 0 amide bonds. The molecule has 0 spiro atoms. The van der Waals surface area contributed by atoms with Crippen LogP contribution in [0.1, 0.15) is 63.5 Å². The van der Waals surface area contributed by atoms with E-state index in [0.717, 1.165) is 35.2 Å². The SMILES string of the molecule is CC(Sc1nnc(-c2cccnc2)n1C1CC1)c1nc(C(C)(C)C)no1. The Morgan fingerprint density at radius 3 is 2.69 bits per heavy atom. The Hall–Kier alpha value is -2.22. The second-order valence-corrected chi connectivity index (χ2v) is 8.92. The fourth-order valence-electron chi connectivity index (χ4n) is 2.62. The van der Waals surface area contributed by atoms with Gasteiger partial charge in [-0.25, -0.2) is 0 Å². The molecule has 1 saturated carbocycles. The van der Waals surface area contributed by atoms with Crippen molar-refractivity contribution in [2.24, 2.45) is 0 Å². The van der Waals surface area contributed by atoms with E-state index in [1.54, 1.807) is 18.0 Å². The van der Waals surface area contributed by atoms with Crippen molar-refractivity contribution in [1.29, 1.82) is 0 Å². The van der Waals surface area contributed by atoms with Crippen molar-refractivity contribution < 1.29 is 4.52 Å². The van der Waals surface area contributed by atoms with Gasteiger partial charge in [-0.1, -0.05) is 37.7 Å². The molecule has 3 aromatic rings. The molecule has 4 rings (SSSR count). The maximum Gasteiger partial charge on any atom is 0.239 e. The van der Waals surface area contributed by atoms with Crippen LogP contribution >= 0.6 is 11.8 Å². The van der Waals surface area contributed by atoms with Gasteiger partial charge in [-0.05, 0) is 31.9 Å². The lowest BCUT2D eigenvalue weighted by Gasteiger charge is -2.12. The Morgan fingerprint density at radius 1 is 1.27 bits per heavy atom. The molecule has 0 saturated heterocycles. The summed E-state index contributed by atoms with van der Waals surface area (Å²) >= 11 is 1.60. The van der Waals surface area contributed by atoms with Crippen molar-refractivity contribution >= 4 is 11.8 Å². The molecule has 0 N–H and O–H groups in total. The molecule has 0 aromatic carbocycles. The minimum absolute atomic E-state index is 0.00190. The second kappa shape index (κ2) is 6.50. The predicted octanol–water partition coefficient (Wildman–Crippen LogP) is 4.21. The first kappa shape index (κ1) is 17.2. The summed E-state index contributed by atoms with van der Waals surface area (Å²) in [4.78, 5) is 8.77. The van der Waals surface area contributed by atoms with Gasteiger partial charge in [0.05, 0.1) is 5.25 Å². The lowest BCUT2D eigenvalue weighted by atomic mass is 9.96. The molecule has 3 heterocycles. The fourth-order valence-corrected chi connectivity index (χ4v) is 3.57. The number of nitrogens with zero attached hydrogens (tertiary/aromatic N) is 6. The zero-order valence-corrected chi connectivity index (χ0v) is 16.2. The Morgan fingerprint density at radius 2 is 2.08 bits per heavy atom. The summed E-state index contributed by atoms with van der Waals surface area (Å²) in [5.41, 5.74) is 0.854. The van der Waals surface area contributed by atoms with Crippen LogP contribution in [0.2, 0.25) is 0 Å². The van der Waals surface area contributed by atoms with Crippen LogP contribution in [0, 0.1) is 0 Å². The highest BCUT2D eigenvalue weighted by Crippen LogP contribution is 2.43. The highest BCUT2D eigenvalue weighted by Gasteiger charge is 2.32. The number of thioether (sulfide) groups is 1. The predicted molar refractivity (Wildman–Crippen MR) is 98.8 cm³/mol. The largest absolute Gasteiger partial charge is 0.338 e. The summed E-state index contributed by atoms with van der Waals surface area (Å²) in [5.74, 6) is 2.21. The van der Waals surface area contributed by atoms with E-state index in [-0.39, 0.29) is 10.7 Å². The van der Waals surface area contributed by atoms with Crippen LogP contribution in [0.15, 0.2) is 34.2 Å². The first-order valence-corrected chi connectivity index (χ1v) is 9.67. The number of aromatic nitrogens is 6. The molecule has 3 aromatic heterocycles. The molecular weight excluding hydrogens is 348 g/mol. The van der Waals surface area contributed by atoms with Gasteiger partial charge in [0.15, 0.2) is 16.8 Å². The van der Waals surface area contributed by atoms with E-state index in [1.165, 1.54) is 0 Å². The third-order valence-electron chi connectivity index (χ3n) is 4.24. The van der Waals surface area contributed by atoms with Crippen LogP contribution in [-0.4, -0.2) is 29.9 Å². The minimum Gasteiger partial charge on any atom is -0.338 e. The molecule has 136 valence electrons. The van der Waals surface area contributed by atoms with Gasteiger partial charge in [0.1, 0.15) is 0 Å². The maximum absolute atomic E-state index is 5.48. The van der Waals surface area contributed by atoms with Gasteiger partial charge in [0.2, 0.25) is 5.89 Å². The monoisotopic (exact) mass is 370 g/mol. The van der Waals surface area contributed by atoms with Crippen LogP contribution < -0.4 is 0 Å². The van der Waals surface area contributed by atoms with Gasteiger partial charge in [-0.3, -0.25) is 9.55 Å². The number of pyridine rings is 1. The van der Waals surface area contributed by atoms with Gasteiger partial charge in [-0.15, -0.1) is 10.2 Å². The average Bonchev–Trinajstić information content (AvgIpc) is 3.16. The van der Waals surface area contributed by atoms with Gasteiger partial charge in [-0.2, -0.15) is 4.98 Å². The standard InChI is InChI=1S/C18H22N6OS/c1-11(15-20-16(23-25-15)18(2,3)4)26-17-22-21-14(24(17)13-7-8-13)12-6-5-9-19-10-12/h5-6,9-11,13H,7-8H2,1-4H3. The second-order valence-electron chi connectivity index (χ2n) is 7.62. The highest BCUT2D eigenvalue weighted by atomic mass is 32.2. The lowest BCUT2D eigenvalue weighted by molar-refractivity contribution is 0.364. The summed E-state index contributed by atoms with van der Waals surface area (Å²) < 4.78 is 7.70. The highest BCUT2D eigenvalue weighted by molar-refractivity contribution is 7.99. The fraction of sp³-hybridized carbons (Fsp3) is 0.500. The van der Waals surface area contributed by atoms with Crippen LogP contribution in [0.5, 0.6) is 0 Å². The van der Waals surface area contributed by atoms with E-state index < -0.39 is 0 Å². The van der Waals surface area contributed by atoms with E-state index in [9.17, 15) is 0 Å². The molecule has 0 bridgehead atoms. The third-order valence-corrected chi connectivity index (χ3v) is 5.28. The average molecular weight is 370 g/mol. The van der Waals surface area contributed by atoms with Gasteiger partial charge in [0.25, 0.3) is 0 Å². The Bertz CT molecular complexity index is 894. The summed E-state index contributed by atoms with van der Waals surface area (Å²) in [5, 5.41) is 13.9. The Kier molecular flexibility index (Phi) is 4.30. The topological polar surface area (TPSA) is 82.5 Å². The van der Waals surface area contributed by atoms with Crippen LogP contribution in [0.4, 0.5) is 0 Å². The van der Waals surface area contributed by atoms with E-state index >= 15 is 0 Å². The Labute approximate surface area is 156 Å². The maximum atomic E-state index is 5.48. The molecule has 26 heavy (non-hydrogen) atoms. The first-order valence-electron chi connectivity index (χ1n) is 8.79. The first-order chi connectivity index (χ1) is 12.4. The van der Waals surface area contributed by atoms with Crippen LogP contribution in [-0.2, 0) is 5.41 Å². The van der Waals surface area contributed by atoms with Crippen LogP contribution in [0.25, 0.3) is 11.4 Å². The van der Waals surface area contributed by atoms with E-state index in [4.69, 9.17) is 4.52 Å². The zero-order chi connectivity index (χ0) is 18.3. The smallest absolute Gasteiger partial charge is 0.239 e. The molecule has 7 nitrogen and oxygen atoms in total. The van der Waals surface area contributed by atoms with E-state index in [2.05, 4.69) is 57.6 Å². The van der Waals surface area contributed by atoms with Crippen molar-refractivity contribution in [2.45, 2.75) is 62.4 Å². The quantitative estimate of drug-likeness (QED) is 0.622. The van der Waals surface area contributed by atoms with Crippen molar-refractivity contribution in [3.05, 3.63) is 36.2 Å². The summed E-state index contributed by atoms with van der Waals surface area (Å²) in [6.07, 6.45) is 5.90. The van der Waals surface area contributed by atoms with E-state index in [1.807, 2.05) is 18.3 Å². The van der Waals surface area contributed by atoms with Crippen LogP contribution in [0.3, 0.4) is 0 Å². The van der Waals surface area contributed by atoms with Crippen molar-refractivity contribution in [1.82, 2.24) is 29.9 Å². The summed E-state index contributed by atoms with van der Waals surface area (Å²) in [7, 11) is 0. The van der Waals surface area contributed by atoms with Gasteiger partial charge in [0, 0.05) is 29.4 Å². The molecule has 0 radical (unpaired) electrons. The van der Waals surface area contributed by atoms with Gasteiger partial charge >= 0.3 is 0 Å². The third kappa shape index (κ3) is 3.38. The number of hydrogen-bond acceptors (Lipinski definition) is 7. The number of hydrogen-bond donors (Lipinski definition) is 0. The minimum atomic E-state index is -0.131. The molecule has 1 atom stereocenters. The molecule has 1 aliphatic carbocycles. The summed E-state index contributed by atoms with van der Waals surface area (Å²) in [6, 6.07) is 4.40. The van der Waals surface area contributed by atoms with Crippen molar-refractivity contribution in [3.63, 3.8) is 0 Å². The molecule has 1 fully saturated rings. The van der Waals surface area contributed by atoms with Crippen molar-refractivity contribution in [2.75, 3.05) is 0 Å². The normalized spacial score (nSPS) is 16.0. The molecule has 1 unspecified atom stereocenters. The van der Waals surface area contributed by atoms with Gasteiger partial charge < -0.3 is 4.52 Å². The zero-order valence-electron chi connectivity index (χ0n) is 15.4. The molecule has 0 aliphatic heterocycles. The molecule has 1 aliphatic rings. The van der Waals surface area contributed by atoms with Crippen molar-refractivity contribution in [3.8, 4) is 11.4 Å². The Balaban J connectivity index is 1.60. The molecular formula is C18H22N6OS.